The number of hydrogen-bond donors (Lipinski definition) is 0. The smallest absolute Gasteiger partial charge is 0.289 e. The first-order chi connectivity index (χ1) is 7.77. The summed E-state index contributed by atoms with van der Waals surface area (Å²) in [6.45, 7) is 10.4. The van der Waals surface area contributed by atoms with E-state index in [0.29, 0.717) is 18.1 Å². The van der Waals surface area contributed by atoms with Crippen LogP contribution in [0.3, 0.4) is 0 Å². The van der Waals surface area contributed by atoms with Crippen LogP contribution in [0.4, 0.5) is 0 Å². The van der Waals surface area contributed by atoms with Gasteiger partial charge in [-0.15, -0.1) is 11.6 Å². The van der Waals surface area contributed by atoms with Crippen LogP contribution in [0, 0.1) is 0 Å². The highest BCUT2D eigenvalue weighted by Crippen LogP contribution is 2.24. The zero-order valence-electron chi connectivity index (χ0n) is 11.1. The molecule has 0 spiro atoms. The number of hydrogen-bond acceptors (Lipinski definition) is 2. The SMILES string of the molecule is CCN(C(=O)c1ccc(C(C)Cl)o1)C(C)(C)C. The molecule has 0 N–H and O–H groups in total. The van der Waals surface area contributed by atoms with E-state index in [1.807, 2.05) is 34.6 Å². The molecular formula is C13H20ClNO2. The van der Waals surface area contributed by atoms with Crippen LogP contribution in [0.2, 0.25) is 0 Å². The molecule has 0 aromatic carbocycles. The highest BCUT2D eigenvalue weighted by Gasteiger charge is 2.28. The van der Waals surface area contributed by atoms with Gasteiger partial charge in [-0.25, -0.2) is 0 Å². The summed E-state index contributed by atoms with van der Waals surface area (Å²) in [6.07, 6.45) is 0. The first-order valence-electron chi connectivity index (χ1n) is 5.83. The first kappa shape index (κ1) is 14.1. The molecule has 0 bridgehead atoms. The molecule has 0 aliphatic rings. The summed E-state index contributed by atoms with van der Waals surface area (Å²) in [6, 6.07) is 3.44. The highest BCUT2D eigenvalue weighted by molar-refractivity contribution is 6.20. The normalized spacial score (nSPS) is 13.5. The van der Waals surface area contributed by atoms with Crippen LogP contribution in [-0.4, -0.2) is 22.9 Å². The molecule has 0 fully saturated rings. The van der Waals surface area contributed by atoms with E-state index in [-0.39, 0.29) is 16.8 Å². The van der Waals surface area contributed by atoms with Gasteiger partial charge < -0.3 is 9.32 Å². The van der Waals surface area contributed by atoms with Crippen LogP contribution in [0.15, 0.2) is 16.5 Å². The van der Waals surface area contributed by atoms with Crippen molar-refractivity contribution >= 4 is 17.5 Å². The number of alkyl halides is 1. The Kier molecular flexibility index (Phi) is 4.26. The predicted molar refractivity (Wildman–Crippen MR) is 69.4 cm³/mol. The topological polar surface area (TPSA) is 33.5 Å². The van der Waals surface area contributed by atoms with E-state index in [1.165, 1.54) is 0 Å². The van der Waals surface area contributed by atoms with Gasteiger partial charge in [-0.05, 0) is 46.8 Å². The molecular weight excluding hydrogens is 238 g/mol. The molecule has 1 aromatic rings. The molecule has 1 heterocycles. The van der Waals surface area contributed by atoms with Crippen molar-refractivity contribution in [2.45, 2.75) is 45.5 Å². The minimum absolute atomic E-state index is 0.0939. The molecule has 0 aliphatic heterocycles. The summed E-state index contributed by atoms with van der Waals surface area (Å²) >= 11 is 5.91. The van der Waals surface area contributed by atoms with Gasteiger partial charge in [0.15, 0.2) is 5.76 Å². The Labute approximate surface area is 108 Å². The Hall–Kier alpha value is -0.960. The predicted octanol–water partition coefficient (Wildman–Crippen LogP) is 3.84. The Bertz CT molecular complexity index is 390. The van der Waals surface area contributed by atoms with E-state index < -0.39 is 0 Å². The molecule has 1 aromatic heterocycles. The fraction of sp³-hybridized carbons (Fsp3) is 0.615. The lowest BCUT2D eigenvalue weighted by molar-refractivity contribution is 0.0564. The van der Waals surface area contributed by atoms with Crippen LogP contribution >= 0.6 is 11.6 Å². The summed E-state index contributed by atoms with van der Waals surface area (Å²) in [4.78, 5) is 14.0. The largest absolute Gasteiger partial charge is 0.454 e. The fourth-order valence-corrected chi connectivity index (χ4v) is 1.85. The number of amides is 1. The molecule has 1 rings (SSSR count). The molecule has 1 amide bonds. The third kappa shape index (κ3) is 3.25. The van der Waals surface area contributed by atoms with Crippen LogP contribution < -0.4 is 0 Å². The Morgan fingerprint density at radius 3 is 2.41 bits per heavy atom. The van der Waals surface area contributed by atoms with Crippen molar-refractivity contribution in [1.82, 2.24) is 4.90 Å². The zero-order valence-corrected chi connectivity index (χ0v) is 11.8. The molecule has 3 nitrogen and oxygen atoms in total. The van der Waals surface area contributed by atoms with Crippen LogP contribution in [-0.2, 0) is 0 Å². The van der Waals surface area contributed by atoms with Gasteiger partial charge in [-0.2, -0.15) is 0 Å². The van der Waals surface area contributed by atoms with Gasteiger partial charge in [0.2, 0.25) is 0 Å². The van der Waals surface area contributed by atoms with Crippen molar-refractivity contribution in [3.05, 3.63) is 23.7 Å². The lowest BCUT2D eigenvalue weighted by atomic mass is 10.1. The van der Waals surface area contributed by atoms with Crippen molar-refractivity contribution in [3.63, 3.8) is 0 Å². The second-order valence-electron chi connectivity index (χ2n) is 5.04. The lowest BCUT2D eigenvalue weighted by Crippen LogP contribution is -2.45. The molecule has 96 valence electrons. The van der Waals surface area contributed by atoms with Gasteiger partial charge in [0.1, 0.15) is 5.76 Å². The van der Waals surface area contributed by atoms with Gasteiger partial charge in [0.25, 0.3) is 5.91 Å². The summed E-state index contributed by atoms with van der Waals surface area (Å²) in [5, 5.41) is -0.221. The average molecular weight is 258 g/mol. The average Bonchev–Trinajstić information content (AvgIpc) is 2.64. The van der Waals surface area contributed by atoms with E-state index in [1.54, 1.807) is 17.0 Å². The number of rotatable bonds is 3. The van der Waals surface area contributed by atoms with Gasteiger partial charge >= 0.3 is 0 Å². The maximum atomic E-state index is 12.2. The minimum atomic E-state index is -0.221. The third-order valence-electron chi connectivity index (χ3n) is 2.60. The van der Waals surface area contributed by atoms with Crippen molar-refractivity contribution in [2.24, 2.45) is 0 Å². The molecule has 17 heavy (non-hydrogen) atoms. The summed E-state index contributed by atoms with van der Waals surface area (Å²) in [7, 11) is 0. The monoisotopic (exact) mass is 257 g/mol. The van der Waals surface area contributed by atoms with Crippen LogP contribution in [0.25, 0.3) is 0 Å². The number of nitrogens with zero attached hydrogens (tertiary/aromatic N) is 1. The number of carbonyl (C=O) groups is 1. The van der Waals surface area contributed by atoms with Gasteiger partial charge in [0.05, 0.1) is 5.38 Å². The number of carbonyl (C=O) groups excluding carboxylic acids is 1. The maximum absolute atomic E-state index is 12.2. The molecule has 1 unspecified atom stereocenters. The third-order valence-corrected chi connectivity index (χ3v) is 2.82. The van der Waals surface area contributed by atoms with E-state index in [0.717, 1.165) is 0 Å². The Morgan fingerprint density at radius 1 is 1.47 bits per heavy atom. The molecule has 1 atom stereocenters. The summed E-state index contributed by atoms with van der Waals surface area (Å²) < 4.78 is 5.46. The van der Waals surface area contributed by atoms with Crippen LogP contribution in [0.5, 0.6) is 0 Å². The van der Waals surface area contributed by atoms with Crippen molar-refractivity contribution < 1.29 is 9.21 Å². The second kappa shape index (κ2) is 5.13. The maximum Gasteiger partial charge on any atom is 0.289 e. The zero-order chi connectivity index (χ0) is 13.2. The van der Waals surface area contributed by atoms with Crippen LogP contribution in [0.1, 0.15) is 56.3 Å². The Balaban J connectivity index is 2.95. The van der Waals surface area contributed by atoms with E-state index >= 15 is 0 Å². The van der Waals surface area contributed by atoms with E-state index in [9.17, 15) is 4.79 Å². The second-order valence-corrected chi connectivity index (χ2v) is 5.69. The lowest BCUT2D eigenvalue weighted by Gasteiger charge is -2.34. The fourth-order valence-electron chi connectivity index (χ4n) is 1.74. The summed E-state index contributed by atoms with van der Waals surface area (Å²) in [5.74, 6) is 0.882. The molecule has 0 aliphatic carbocycles. The first-order valence-corrected chi connectivity index (χ1v) is 6.26. The highest BCUT2D eigenvalue weighted by atomic mass is 35.5. The van der Waals surface area contributed by atoms with Crippen molar-refractivity contribution in [2.75, 3.05) is 6.54 Å². The van der Waals surface area contributed by atoms with Crippen molar-refractivity contribution in [3.8, 4) is 0 Å². The molecule has 0 saturated heterocycles. The van der Waals surface area contributed by atoms with Gasteiger partial charge in [-0.3, -0.25) is 4.79 Å². The minimum Gasteiger partial charge on any atom is -0.454 e. The number of halogens is 1. The Morgan fingerprint density at radius 2 is 2.06 bits per heavy atom. The van der Waals surface area contributed by atoms with Crippen molar-refractivity contribution in [1.29, 1.82) is 0 Å². The standard InChI is InChI=1S/C13H20ClNO2/c1-6-15(13(3,4)5)12(16)11-8-7-10(17-11)9(2)14/h7-9H,6H2,1-5H3. The number of furan rings is 1. The van der Waals surface area contributed by atoms with Gasteiger partial charge in [-0.1, -0.05) is 0 Å². The molecule has 4 heteroatoms. The van der Waals surface area contributed by atoms with E-state index in [2.05, 4.69) is 0 Å². The van der Waals surface area contributed by atoms with Gasteiger partial charge in [0, 0.05) is 12.1 Å². The van der Waals surface area contributed by atoms with E-state index in [4.69, 9.17) is 16.0 Å². The quantitative estimate of drug-likeness (QED) is 0.771. The molecule has 0 radical (unpaired) electrons. The molecule has 0 saturated carbocycles. The summed E-state index contributed by atoms with van der Waals surface area (Å²) in [5.41, 5.74) is -0.217.